The first kappa shape index (κ1) is 19.5. The number of urea groups is 1. The van der Waals surface area contributed by atoms with Gasteiger partial charge in [0.2, 0.25) is 6.79 Å². The van der Waals surface area contributed by atoms with Crippen LogP contribution in [0.4, 0.5) is 10.5 Å². The molecule has 4 N–H and O–H groups in total. The molecule has 0 saturated carbocycles. The molecule has 2 amide bonds. The molecule has 0 aromatic heterocycles. The van der Waals surface area contributed by atoms with Gasteiger partial charge in [0.1, 0.15) is 32.2 Å². The Labute approximate surface area is 171 Å². The van der Waals surface area contributed by atoms with Gasteiger partial charge >= 0.3 is 6.03 Å². The molecule has 0 spiro atoms. The largest absolute Gasteiger partial charge is 0.454 e. The number of benzene rings is 2. The lowest BCUT2D eigenvalue weighted by atomic mass is 10.0. The number of hydrogen-bond donors (Lipinski definition) is 4. The number of aryl methyl sites for hydroxylation is 1. The first-order valence-electron chi connectivity index (χ1n) is 10.3. The molecule has 1 saturated heterocycles. The average molecular weight is 399 g/mol. The Kier molecular flexibility index (Phi) is 5.87. The van der Waals surface area contributed by atoms with Crippen LogP contribution in [-0.4, -0.2) is 52.6 Å². The molecular formula is C22H30N4O3+2. The van der Waals surface area contributed by atoms with Crippen molar-refractivity contribution in [1.82, 2.24) is 5.32 Å². The van der Waals surface area contributed by atoms with Crippen molar-refractivity contribution in [3.8, 4) is 11.5 Å². The van der Waals surface area contributed by atoms with Crippen LogP contribution in [0.25, 0.3) is 0 Å². The lowest BCUT2D eigenvalue weighted by molar-refractivity contribution is -1.02. The second-order valence-electron chi connectivity index (χ2n) is 7.98. The van der Waals surface area contributed by atoms with E-state index >= 15 is 0 Å². The molecule has 2 aliphatic rings. The average Bonchev–Trinajstić information content (AvgIpc) is 3.19. The number of rotatable bonds is 5. The molecule has 7 heteroatoms. The Hall–Kier alpha value is -2.77. The summed E-state index contributed by atoms with van der Waals surface area (Å²) >= 11 is 0. The second-order valence-corrected chi connectivity index (χ2v) is 7.98. The zero-order chi connectivity index (χ0) is 20.2. The van der Waals surface area contributed by atoms with E-state index in [-0.39, 0.29) is 18.9 Å². The summed E-state index contributed by atoms with van der Waals surface area (Å²) in [6, 6.07) is 13.9. The van der Waals surface area contributed by atoms with Gasteiger partial charge in [0.05, 0.1) is 13.6 Å². The van der Waals surface area contributed by atoms with E-state index in [0.717, 1.165) is 43.4 Å². The van der Waals surface area contributed by atoms with Crippen molar-refractivity contribution in [2.45, 2.75) is 13.0 Å². The number of anilines is 1. The summed E-state index contributed by atoms with van der Waals surface area (Å²) in [6.07, 6.45) is 0. The SMILES string of the molecule is Cc1ccc(NC(=O)NC[C@@H](c2ccc3c(c2)OCO3)[NH+]2CC[NH+](C)CC2)cc1. The molecular weight excluding hydrogens is 368 g/mol. The van der Waals surface area contributed by atoms with E-state index < -0.39 is 0 Å². The van der Waals surface area contributed by atoms with Crippen molar-refractivity contribution in [2.24, 2.45) is 0 Å². The molecule has 1 fully saturated rings. The van der Waals surface area contributed by atoms with Crippen LogP contribution < -0.4 is 29.9 Å². The fourth-order valence-corrected chi connectivity index (χ4v) is 3.98. The monoisotopic (exact) mass is 398 g/mol. The molecule has 154 valence electrons. The van der Waals surface area contributed by atoms with E-state index in [4.69, 9.17) is 9.47 Å². The number of likely N-dealkylation sites (N-methyl/N-ethyl adjacent to an activating group) is 1. The summed E-state index contributed by atoms with van der Waals surface area (Å²) in [5.74, 6) is 1.58. The van der Waals surface area contributed by atoms with E-state index in [9.17, 15) is 4.79 Å². The number of carbonyl (C=O) groups is 1. The lowest BCUT2D eigenvalue weighted by Crippen LogP contribution is -3.27. The van der Waals surface area contributed by atoms with Crippen LogP contribution in [0.3, 0.4) is 0 Å². The van der Waals surface area contributed by atoms with E-state index in [2.05, 4.69) is 29.8 Å². The number of piperazine rings is 1. The minimum absolute atomic E-state index is 0.168. The van der Waals surface area contributed by atoms with Crippen LogP contribution in [0, 0.1) is 6.92 Å². The van der Waals surface area contributed by atoms with Crippen molar-refractivity contribution in [3.05, 3.63) is 53.6 Å². The molecule has 0 aliphatic carbocycles. The number of hydrogen-bond acceptors (Lipinski definition) is 3. The number of quaternary nitrogens is 2. The second kappa shape index (κ2) is 8.71. The third kappa shape index (κ3) is 4.81. The van der Waals surface area contributed by atoms with E-state index in [0.29, 0.717) is 6.54 Å². The van der Waals surface area contributed by atoms with Crippen LogP contribution in [0.1, 0.15) is 17.2 Å². The van der Waals surface area contributed by atoms with Crippen LogP contribution in [0.15, 0.2) is 42.5 Å². The van der Waals surface area contributed by atoms with Crippen molar-refractivity contribution in [3.63, 3.8) is 0 Å². The first-order valence-corrected chi connectivity index (χ1v) is 10.3. The number of ether oxygens (including phenoxy) is 2. The highest BCUT2D eigenvalue weighted by atomic mass is 16.7. The van der Waals surface area contributed by atoms with Crippen LogP contribution in [-0.2, 0) is 0 Å². The van der Waals surface area contributed by atoms with Gasteiger partial charge in [0, 0.05) is 11.3 Å². The third-order valence-electron chi connectivity index (χ3n) is 5.81. The topological polar surface area (TPSA) is 68.5 Å². The predicted octanol–water partition coefficient (Wildman–Crippen LogP) is -0.000280. The predicted molar refractivity (Wildman–Crippen MR) is 111 cm³/mol. The molecule has 2 heterocycles. The van der Waals surface area contributed by atoms with E-state index in [1.807, 2.05) is 37.3 Å². The molecule has 0 bridgehead atoms. The van der Waals surface area contributed by atoms with Crippen LogP contribution >= 0.6 is 0 Å². The van der Waals surface area contributed by atoms with Crippen molar-refractivity contribution in [1.29, 1.82) is 0 Å². The third-order valence-corrected chi connectivity index (χ3v) is 5.81. The fourth-order valence-electron chi connectivity index (χ4n) is 3.98. The summed E-state index contributed by atoms with van der Waals surface area (Å²) < 4.78 is 11.0. The van der Waals surface area contributed by atoms with Crippen LogP contribution in [0.2, 0.25) is 0 Å². The lowest BCUT2D eigenvalue weighted by Gasteiger charge is -2.33. The van der Waals surface area contributed by atoms with Gasteiger partial charge < -0.3 is 29.9 Å². The van der Waals surface area contributed by atoms with Crippen LogP contribution in [0.5, 0.6) is 11.5 Å². The number of amides is 2. The quantitative estimate of drug-likeness (QED) is 0.573. The van der Waals surface area contributed by atoms with Gasteiger partial charge in [-0.1, -0.05) is 17.7 Å². The van der Waals surface area contributed by atoms with E-state index in [1.54, 1.807) is 4.90 Å². The van der Waals surface area contributed by atoms with Gasteiger partial charge in [0.25, 0.3) is 0 Å². The van der Waals surface area contributed by atoms with Gasteiger partial charge in [0.15, 0.2) is 11.5 Å². The summed E-state index contributed by atoms with van der Waals surface area (Å²) in [7, 11) is 2.24. The summed E-state index contributed by atoms with van der Waals surface area (Å²) in [5.41, 5.74) is 3.13. The normalized spacial score (nSPS) is 21.4. The Morgan fingerprint density at radius 2 is 1.76 bits per heavy atom. The molecule has 0 unspecified atom stereocenters. The highest BCUT2D eigenvalue weighted by molar-refractivity contribution is 5.89. The molecule has 0 radical (unpaired) electrons. The Bertz CT molecular complexity index is 848. The summed E-state index contributed by atoms with van der Waals surface area (Å²) in [5, 5.41) is 5.99. The Balaban J connectivity index is 1.45. The number of nitrogens with one attached hydrogen (secondary N) is 4. The zero-order valence-corrected chi connectivity index (χ0v) is 17.1. The van der Waals surface area contributed by atoms with Gasteiger partial charge in [-0.2, -0.15) is 0 Å². The minimum Gasteiger partial charge on any atom is -0.454 e. The summed E-state index contributed by atoms with van der Waals surface area (Å²) in [4.78, 5) is 15.5. The van der Waals surface area contributed by atoms with Crippen molar-refractivity contribution in [2.75, 3.05) is 51.9 Å². The Morgan fingerprint density at radius 1 is 1.03 bits per heavy atom. The maximum atomic E-state index is 12.5. The summed E-state index contributed by atoms with van der Waals surface area (Å²) in [6.45, 7) is 7.27. The van der Waals surface area contributed by atoms with Crippen molar-refractivity contribution < 1.29 is 24.1 Å². The molecule has 2 aliphatic heterocycles. The zero-order valence-electron chi connectivity index (χ0n) is 17.1. The van der Waals surface area contributed by atoms with Crippen molar-refractivity contribution >= 4 is 11.7 Å². The minimum atomic E-state index is -0.182. The molecule has 7 nitrogen and oxygen atoms in total. The molecule has 29 heavy (non-hydrogen) atoms. The molecule has 2 aromatic rings. The molecule has 1 atom stereocenters. The first-order chi connectivity index (χ1) is 14.1. The Morgan fingerprint density at radius 3 is 2.52 bits per heavy atom. The standard InChI is InChI=1S/C22H28N4O3/c1-16-3-6-18(7-4-16)24-22(27)23-14-19(26-11-9-25(2)10-12-26)17-5-8-20-21(13-17)29-15-28-20/h3-8,13,19H,9-12,14-15H2,1-2H3,(H2,23,24,27)/p+2/t19-/m0/s1. The van der Waals surface area contributed by atoms with Gasteiger partial charge in [-0.25, -0.2) is 4.79 Å². The number of carbonyl (C=O) groups excluding carboxylic acids is 1. The molecule has 2 aromatic carbocycles. The highest BCUT2D eigenvalue weighted by Crippen LogP contribution is 2.33. The maximum absolute atomic E-state index is 12.5. The van der Waals surface area contributed by atoms with E-state index in [1.165, 1.54) is 16.0 Å². The van der Waals surface area contributed by atoms with Gasteiger partial charge in [-0.05, 0) is 37.3 Å². The van der Waals surface area contributed by atoms with Gasteiger partial charge in [-0.3, -0.25) is 0 Å². The smallest absolute Gasteiger partial charge is 0.319 e. The highest BCUT2D eigenvalue weighted by Gasteiger charge is 2.31. The number of fused-ring (bicyclic) bond motifs is 1. The fraction of sp³-hybridized carbons (Fsp3) is 0.409. The maximum Gasteiger partial charge on any atom is 0.319 e. The molecule has 4 rings (SSSR count). The van der Waals surface area contributed by atoms with Gasteiger partial charge in [-0.15, -0.1) is 0 Å².